The van der Waals surface area contributed by atoms with E-state index in [4.69, 9.17) is 46.4 Å². The summed E-state index contributed by atoms with van der Waals surface area (Å²) in [7, 11) is -17.6. The van der Waals surface area contributed by atoms with Gasteiger partial charge in [0.2, 0.25) is 39.3 Å². The summed E-state index contributed by atoms with van der Waals surface area (Å²) in [5.41, 5.74) is 1.02. The van der Waals surface area contributed by atoms with Gasteiger partial charge in [-0.2, -0.15) is 0 Å². The van der Waals surface area contributed by atoms with E-state index in [2.05, 4.69) is 19.9 Å². The molecular formula is C45H24Cl4N4O8S4. The second kappa shape index (κ2) is 15.3. The normalized spacial score (nSPS) is 13.8. The molecule has 1 spiro atoms. The highest BCUT2D eigenvalue weighted by Gasteiger charge is 2.53. The molecule has 0 radical (unpaired) electrons. The Morgan fingerprint density at radius 1 is 0.308 bits per heavy atom. The van der Waals surface area contributed by atoms with Crippen LogP contribution in [-0.4, -0.2) is 53.6 Å². The highest BCUT2D eigenvalue weighted by molar-refractivity contribution is 7.92. The van der Waals surface area contributed by atoms with Gasteiger partial charge in [0.05, 0.1) is 45.1 Å². The van der Waals surface area contributed by atoms with Gasteiger partial charge in [-0.05, 0) is 142 Å². The fraction of sp³-hybridized carbons (Fsp3) is 0.0222. The van der Waals surface area contributed by atoms with Crippen LogP contribution in [0.3, 0.4) is 0 Å². The molecule has 4 aromatic carbocycles. The molecule has 8 aromatic rings. The van der Waals surface area contributed by atoms with Crippen molar-refractivity contribution in [2.45, 2.75) is 45.1 Å². The predicted molar refractivity (Wildman–Crippen MR) is 242 cm³/mol. The number of rotatable bonds is 8. The molecule has 0 N–H and O–H groups in total. The van der Waals surface area contributed by atoms with Crippen LogP contribution in [0.25, 0.3) is 22.3 Å². The molecule has 0 bridgehead atoms. The lowest BCUT2D eigenvalue weighted by molar-refractivity contribution is 0.591. The summed E-state index contributed by atoms with van der Waals surface area (Å²) in [6.45, 7) is 0. The van der Waals surface area contributed by atoms with Gasteiger partial charge in [-0.3, -0.25) is 0 Å². The molecule has 0 atom stereocenters. The summed E-state index contributed by atoms with van der Waals surface area (Å²) in [5.74, 6) is 0. The molecule has 4 heterocycles. The number of pyridine rings is 4. The minimum absolute atomic E-state index is 0.199. The fourth-order valence-corrected chi connectivity index (χ4v) is 13.6. The monoisotopic (exact) mass is 1020 g/mol. The SMILES string of the molecule is O=S(=O)(c1ccc2c(c1)C1(c3cc(S(=O)(=O)c4ccc(Cl)cn4)ccc3-2)c2cc(S(=O)(=O)c3ccc(Cl)cn3)ccc2-c2ccc(S(=O)(=O)c3ccc(Cl)cn3)cc21)c1ccc(Cl)cn1. The summed E-state index contributed by atoms with van der Waals surface area (Å²) in [6.07, 6.45) is 4.76. The second-order valence-corrected chi connectivity index (χ2v) is 24.2. The van der Waals surface area contributed by atoms with Crippen molar-refractivity contribution in [2.75, 3.05) is 0 Å². The van der Waals surface area contributed by atoms with Gasteiger partial charge >= 0.3 is 0 Å². The summed E-state index contributed by atoms with van der Waals surface area (Å²) in [4.78, 5) is 15.4. The Labute approximate surface area is 392 Å². The lowest BCUT2D eigenvalue weighted by atomic mass is 9.70. The third-order valence-electron chi connectivity index (χ3n) is 11.3. The predicted octanol–water partition coefficient (Wildman–Crippen LogP) is 9.55. The molecule has 0 fully saturated rings. The van der Waals surface area contributed by atoms with Gasteiger partial charge in [0.25, 0.3) is 0 Å². The van der Waals surface area contributed by atoms with Crippen LogP contribution < -0.4 is 0 Å². The number of hydrogen-bond donors (Lipinski definition) is 0. The zero-order chi connectivity index (χ0) is 45.8. The van der Waals surface area contributed by atoms with E-state index in [1.54, 1.807) is 24.3 Å². The van der Waals surface area contributed by atoms with Crippen LogP contribution in [0.1, 0.15) is 22.3 Å². The zero-order valence-electron chi connectivity index (χ0n) is 32.6. The summed E-state index contributed by atoms with van der Waals surface area (Å²) < 4.78 is 115. The van der Waals surface area contributed by atoms with Crippen molar-refractivity contribution in [1.29, 1.82) is 0 Å². The third-order valence-corrected chi connectivity index (χ3v) is 18.9. The highest BCUT2D eigenvalue weighted by Crippen LogP contribution is 2.64. The molecule has 12 nitrogen and oxygen atoms in total. The van der Waals surface area contributed by atoms with Crippen molar-refractivity contribution in [3.05, 3.63) is 188 Å². The second-order valence-electron chi connectivity index (χ2n) is 14.9. The van der Waals surface area contributed by atoms with Gasteiger partial charge in [0.1, 0.15) is 0 Å². The van der Waals surface area contributed by atoms with E-state index in [0.717, 1.165) is 0 Å². The van der Waals surface area contributed by atoms with Crippen LogP contribution in [-0.2, 0) is 44.8 Å². The van der Waals surface area contributed by atoms with Gasteiger partial charge in [-0.1, -0.05) is 70.7 Å². The lowest BCUT2D eigenvalue weighted by Gasteiger charge is -2.31. The smallest absolute Gasteiger partial charge is 0.223 e. The Kier molecular flexibility index (Phi) is 10.2. The lowest BCUT2D eigenvalue weighted by Crippen LogP contribution is -2.27. The first-order valence-electron chi connectivity index (χ1n) is 18.9. The van der Waals surface area contributed by atoms with Gasteiger partial charge in [0, 0.05) is 24.8 Å². The van der Waals surface area contributed by atoms with Crippen molar-refractivity contribution in [2.24, 2.45) is 0 Å². The van der Waals surface area contributed by atoms with Crippen LogP contribution in [0.2, 0.25) is 20.1 Å². The summed E-state index contributed by atoms with van der Waals surface area (Å²) in [6, 6.07) is 28.0. The van der Waals surface area contributed by atoms with Gasteiger partial charge in [-0.15, -0.1) is 0 Å². The largest absolute Gasteiger partial charge is 0.243 e. The number of nitrogens with zero attached hydrogens (tertiary/aromatic N) is 4. The molecule has 20 heteroatoms. The van der Waals surface area contributed by atoms with Crippen molar-refractivity contribution in [3.63, 3.8) is 0 Å². The Balaban J connectivity index is 1.32. The molecule has 10 rings (SSSR count). The summed E-state index contributed by atoms with van der Waals surface area (Å²) in [5, 5.41) is -0.499. The van der Waals surface area contributed by atoms with Gasteiger partial charge in [0.15, 0.2) is 20.1 Å². The molecule has 324 valence electrons. The maximum atomic E-state index is 14.4. The van der Waals surface area contributed by atoms with E-state index in [-0.39, 0.29) is 82.0 Å². The highest BCUT2D eigenvalue weighted by atomic mass is 35.5. The minimum atomic E-state index is -4.39. The Hall–Kier alpha value is -5.56. The first kappa shape index (κ1) is 43.3. The average Bonchev–Trinajstić information content (AvgIpc) is 3.75. The van der Waals surface area contributed by atoms with E-state index in [1.807, 2.05) is 0 Å². The van der Waals surface area contributed by atoms with Gasteiger partial charge in [-0.25, -0.2) is 53.6 Å². The van der Waals surface area contributed by atoms with Crippen LogP contribution in [0, 0.1) is 0 Å². The van der Waals surface area contributed by atoms with Crippen molar-refractivity contribution < 1.29 is 33.7 Å². The fourth-order valence-electron chi connectivity index (χ4n) is 8.38. The molecule has 2 aliphatic carbocycles. The molecule has 0 saturated heterocycles. The molecule has 65 heavy (non-hydrogen) atoms. The molecular weight excluding hydrogens is 995 g/mol. The first-order valence-corrected chi connectivity index (χ1v) is 26.3. The number of sulfone groups is 4. The Bertz CT molecular complexity index is 3300. The van der Waals surface area contributed by atoms with Crippen LogP contribution in [0.5, 0.6) is 0 Å². The number of aromatic nitrogens is 4. The van der Waals surface area contributed by atoms with Crippen molar-refractivity contribution >= 4 is 85.8 Å². The van der Waals surface area contributed by atoms with Crippen LogP contribution in [0.4, 0.5) is 0 Å². The Morgan fingerprint density at radius 3 is 0.708 bits per heavy atom. The van der Waals surface area contributed by atoms with Crippen LogP contribution in [0.15, 0.2) is 186 Å². The standard InChI is InChI=1S/C45H24Cl4N4O8S4/c46-25-1-13-41(50-21-25)62(54,55)29-5-9-33-34-10-6-30(63(56,57)42-14-2-26(47)22-51-42)18-38(34)45(37(33)17-29)39-19-31(64(58,59)43-15-3-27(48)23-52-43)7-11-35(39)36-12-8-32(20-40(36)45)65(60,61)44-16-4-28(49)24-53-44/h1-24H. The molecule has 0 amide bonds. The zero-order valence-corrected chi connectivity index (χ0v) is 38.8. The van der Waals surface area contributed by atoms with E-state index < -0.39 is 44.8 Å². The molecule has 4 aromatic heterocycles. The maximum Gasteiger partial charge on any atom is 0.223 e. The molecule has 0 unspecified atom stereocenters. The number of hydrogen-bond acceptors (Lipinski definition) is 12. The van der Waals surface area contributed by atoms with E-state index in [9.17, 15) is 33.7 Å². The van der Waals surface area contributed by atoms with E-state index in [0.29, 0.717) is 22.3 Å². The molecule has 0 aliphatic heterocycles. The number of halogens is 4. The topological polar surface area (TPSA) is 188 Å². The van der Waals surface area contributed by atoms with Crippen LogP contribution >= 0.6 is 46.4 Å². The van der Waals surface area contributed by atoms with Gasteiger partial charge < -0.3 is 0 Å². The molecule has 0 saturated carbocycles. The first-order chi connectivity index (χ1) is 30.8. The van der Waals surface area contributed by atoms with E-state index in [1.165, 1.54) is 122 Å². The Morgan fingerprint density at radius 2 is 0.523 bits per heavy atom. The maximum absolute atomic E-state index is 14.4. The summed E-state index contributed by atoms with van der Waals surface area (Å²) >= 11 is 24.3. The van der Waals surface area contributed by atoms with Crippen molar-refractivity contribution in [1.82, 2.24) is 19.9 Å². The van der Waals surface area contributed by atoms with Crippen molar-refractivity contribution in [3.8, 4) is 22.3 Å². The average molecular weight is 1020 g/mol. The third kappa shape index (κ3) is 6.72. The minimum Gasteiger partial charge on any atom is -0.243 e. The quantitative estimate of drug-likeness (QED) is 0.140. The number of fused-ring (bicyclic) bond motifs is 10. The molecule has 2 aliphatic rings. The van der Waals surface area contributed by atoms with E-state index >= 15 is 0 Å². The number of benzene rings is 4.